The zero-order valence-electron chi connectivity index (χ0n) is 17.0. The SMILES string of the molecule is COc1cc2c(cc1-c1nccn1[C@@H]1COC[C@H]1Cc1ccncc1)OCO2.O=CO. The van der Waals surface area contributed by atoms with Crippen LogP contribution in [0.25, 0.3) is 11.4 Å². The Kier molecular flexibility index (Phi) is 6.32. The first-order valence-electron chi connectivity index (χ1n) is 9.80. The molecule has 1 aromatic carbocycles. The van der Waals surface area contributed by atoms with Gasteiger partial charge in [0.05, 0.1) is 31.9 Å². The Labute approximate surface area is 179 Å². The van der Waals surface area contributed by atoms with Crippen molar-refractivity contribution >= 4 is 6.47 Å². The lowest BCUT2D eigenvalue weighted by Gasteiger charge is -2.22. The maximum Gasteiger partial charge on any atom is 0.290 e. The quantitative estimate of drug-likeness (QED) is 0.622. The third-order valence-electron chi connectivity index (χ3n) is 5.37. The number of fused-ring (bicyclic) bond motifs is 1. The van der Waals surface area contributed by atoms with E-state index in [0.29, 0.717) is 29.8 Å². The smallest absolute Gasteiger partial charge is 0.290 e. The number of carbonyl (C=O) groups is 1. The minimum atomic E-state index is -0.250. The summed E-state index contributed by atoms with van der Waals surface area (Å²) in [4.78, 5) is 17.1. The number of nitrogens with zero attached hydrogens (tertiary/aromatic N) is 3. The summed E-state index contributed by atoms with van der Waals surface area (Å²) in [5.74, 6) is 3.31. The molecule has 0 aliphatic carbocycles. The molecule has 2 aliphatic heterocycles. The van der Waals surface area contributed by atoms with Crippen molar-refractivity contribution in [1.82, 2.24) is 14.5 Å². The van der Waals surface area contributed by atoms with Crippen molar-refractivity contribution in [3.8, 4) is 28.6 Å². The van der Waals surface area contributed by atoms with E-state index < -0.39 is 0 Å². The summed E-state index contributed by atoms with van der Waals surface area (Å²) in [6.45, 7) is 1.36. The maximum atomic E-state index is 8.36. The predicted molar refractivity (Wildman–Crippen MR) is 110 cm³/mol. The second-order valence-corrected chi connectivity index (χ2v) is 7.09. The minimum absolute atomic E-state index is 0.195. The Morgan fingerprint density at radius 1 is 1.19 bits per heavy atom. The third kappa shape index (κ3) is 4.31. The molecular formula is C22H23N3O6. The molecule has 2 atom stereocenters. The summed E-state index contributed by atoms with van der Waals surface area (Å²) in [5, 5.41) is 6.89. The van der Waals surface area contributed by atoms with Crippen molar-refractivity contribution in [2.75, 3.05) is 27.1 Å². The van der Waals surface area contributed by atoms with Gasteiger partial charge < -0.3 is 28.6 Å². The highest BCUT2D eigenvalue weighted by Gasteiger charge is 2.32. The Bertz CT molecular complexity index is 1020. The van der Waals surface area contributed by atoms with Crippen LogP contribution in [0, 0.1) is 5.92 Å². The molecule has 3 aromatic rings. The molecule has 0 unspecified atom stereocenters. The van der Waals surface area contributed by atoms with Crippen molar-refractivity contribution in [2.45, 2.75) is 12.5 Å². The highest BCUT2D eigenvalue weighted by atomic mass is 16.7. The van der Waals surface area contributed by atoms with E-state index >= 15 is 0 Å². The van der Waals surface area contributed by atoms with Crippen molar-refractivity contribution in [2.24, 2.45) is 5.92 Å². The molecule has 162 valence electrons. The summed E-state index contributed by atoms with van der Waals surface area (Å²) in [7, 11) is 1.65. The average molecular weight is 425 g/mol. The molecule has 0 radical (unpaired) electrons. The molecule has 1 saturated heterocycles. The van der Waals surface area contributed by atoms with Crippen molar-refractivity contribution < 1.29 is 28.8 Å². The fraction of sp³-hybridized carbons (Fsp3) is 0.318. The number of imidazole rings is 1. The summed E-state index contributed by atoms with van der Waals surface area (Å²) in [6.07, 6.45) is 8.43. The van der Waals surface area contributed by atoms with Crippen molar-refractivity contribution in [3.05, 3.63) is 54.6 Å². The predicted octanol–water partition coefficient (Wildman–Crippen LogP) is 2.81. The summed E-state index contributed by atoms with van der Waals surface area (Å²) in [5.41, 5.74) is 2.14. The Balaban J connectivity index is 0.000000730. The van der Waals surface area contributed by atoms with E-state index in [4.69, 9.17) is 28.8 Å². The molecule has 0 amide bonds. The normalized spacial score (nSPS) is 18.9. The van der Waals surface area contributed by atoms with Gasteiger partial charge in [0.15, 0.2) is 11.5 Å². The largest absolute Gasteiger partial charge is 0.496 e. The van der Waals surface area contributed by atoms with Gasteiger partial charge in [-0.2, -0.15) is 0 Å². The van der Waals surface area contributed by atoms with Crippen LogP contribution < -0.4 is 14.2 Å². The zero-order valence-corrected chi connectivity index (χ0v) is 17.0. The van der Waals surface area contributed by atoms with Crippen LogP contribution >= 0.6 is 0 Å². The summed E-state index contributed by atoms with van der Waals surface area (Å²) in [6, 6.07) is 8.11. The molecule has 9 nitrogen and oxygen atoms in total. The molecule has 31 heavy (non-hydrogen) atoms. The number of hydrogen-bond acceptors (Lipinski definition) is 7. The van der Waals surface area contributed by atoms with E-state index in [-0.39, 0.29) is 19.3 Å². The third-order valence-corrected chi connectivity index (χ3v) is 5.37. The Hall–Kier alpha value is -3.59. The molecule has 2 aliphatic rings. The molecule has 1 N–H and O–H groups in total. The van der Waals surface area contributed by atoms with Gasteiger partial charge in [0.2, 0.25) is 6.79 Å². The van der Waals surface area contributed by atoms with Gasteiger partial charge in [-0.3, -0.25) is 9.78 Å². The van der Waals surface area contributed by atoms with Gasteiger partial charge in [-0.25, -0.2) is 4.98 Å². The standard InChI is InChI=1S/C21H21N3O4.CH2O2/c1-25-18-10-20-19(27-13-28-20)9-16(18)21-23-6-7-24(21)17-12-26-11-15(17)8-14-2-4-22-5-3-14;2-1-3/h2-7,9-10,15,17H,8,11-13H2,1H3;1H,(H,2,3)/t15-,17-;/m1./s1. The van der Waals surface area contributed by atoms with Crippen LogP contribution in [0.15, 0.2) is 49.1 Å². The molecule has 0 saturated carbocycles. The first-order valence-corrected chi connectivity index (χ1v) is 9.80. The monoisotopic (exact) mass is 425 g/mol. The fourth-order valence-corrected chi connectivity index (χ4v) is 3.97. The molecule has 0 spiro atoms. The van der Waals surface area contributed by atoms with E-state index in [2.05, 4.69) is 26.7 Å². The van der Waals surface area contributed by atoms with Crippen molar-refractivity contribution in [1.29, 1.82) is 0 Å². The van der Waals surface area contributed by atoms with Gasteiger partial charge in [0.25, 0.3) is 6.47 Å². The van der Waals surface area contributed by atoms with Gasteiger partial charge in [0, 0.05) is 36.8 Å². The topological polar surface area (TPSA) is 105 Å². The molecule has 2 aromatic heterocycles. The molecule has 4 heterocycles. The second kappa shape index (κ2) is 9.48. The van der Waals surface area contributed by atoms with E-state index in [1.165, 1.54) is 5.56 Å². The number of methoxy groups -OCH3 is 1. The van der Waals surface area contributed by atoms with E-state index in [1.807, 2.05) is 36.9 Å². The van der Waals surface area contributed by atoms with E-state index in [0.717, 1.165) is 24.4 Å². The van der Waals surface area contributed by atoms with Gasteiger partial charge in [0.1, 0.15) is 11.6 Å². The first-order chi connectivity index (χ1) is 15.2. The zero-order chi connectivity index (χ0) is 21.6. The van der Waals surface area contributed by atoms with Crippen LogP contribution in [0.4, 0.5) is 0 Å². The second-order valence-electron chi connectivity index (χ2n) is 7.09. The van der Waals surface area contributed by atoms with Crippen LogP contribution in [0.2, 0.25) is 0 Å². The Morgan fingerprint density at radius 2 is 1.94 bits per heavy atom. The highest BCUT2D eigenvalue weighted by molar-refractivity contribution is 5.70. The molecule has 0 bridgehead atoms. The Morgan fingerprint density at radius 3 is 2.68 bits per heavy atom. The number of carboxylic acid groups (broad SMARTS) is 1. The van der Waals surface area contributed by atoms with E-state index in [9.17, 15) is 0 Å². The highest BCUT2D eigenvalue weighted by Crippen LogP contribution is 2.43. The minimum Gasteiger partial charge on any atom is -0.496 e. The first kappa shape index (κ1) is 20.7. The number of ether oxygens (including phenoxy) is 4. The lowest BCUT2D eigenvalue weighted by atomic mass is 9.95. The van der Waals surface area contributed by atoms with Crippen LogP contribution in [-0.2, 0) is 16.0 Å². The average Bonchev–Trinajstić information content (AvgIpc) is 3.54. The van der Waals surface area contributed by atoms with Gasteiger partial charge in [-0.05, 0) is 30.2 Å². The van der Waals surface area contributed by atoms with Gasteiger partial charge in [-0.1, -0.05) is 0 Å². The lowest BCUT2D eigenvalue weighted by Crippen LogP contribution is -2.20. The maximum absolute atomic E-state index is 8.36. The number of rotatable bonds is 5. The molecule has 5 rings (SSSR count). The van der Waals surface area contributed by atoms with Gasteiger partial charge in [-0.15, -0.1) is 0 Å². The fourth-order valence-electron chi connectivity index (χ4n) is 3.97. The van der Waals surface area contributed by atoms with E-state index in [1.54, 1.807) is 7.11 Å². The summed E-state index contributed by atoms with van der Waals surface area (Å²) < 4.78 is 24.7. The van der Waals surface area contributed by atoms with Crippen LogP contribution in [0.3, 0.4) is 0 Å². The van der Waals surface area contributed by atoms with Gasteiger partial charge >= 0.3 is 0 Å². The number of aromatic nitrogens is 3. The van der Waals surface area contributed by atoms with Crippen LogP contribution in [-0.4, -0.2) is 53.2 Å². The molecule has 1 fully saturated rings. The number of benzene rings is 1. The summed E-state index contributed by atoms with van der Waals surface area (Å²) >= 11 is 0. The van der Waals surface area contributed by atoms with Crippen LogP contribution in [0.5, 0.6) is 17.2 Å². The number of pyridine rings is 1. The molecule has 9 heteroatoms. The number of hydrogen-bond donors (Lipinski definition) is 1. The van der Waals surface area contributed by atoms with Crippen LogP contribution in [0.1, 0.15) is 11.6 Å². The molecular weight excluding hydrogens is 402 g/mol. The van der Waals surface area contributed by atoms with Crippen molar-refractivity contribution in [3.63, 3.8) is 0 Å². The lowest BCUT2D eigenvalue weighted by molar-refractivity contribution is -0.122.